The van der Waals surface area contributed by atoms with E-state index in [-0.39, 0.29) is 24.8 Å². The van der Waals surface area contributed by atoms with Crippen LogP contribution >= 0.6 is 0 Å². The van der Waals surface area contributed by atoms with Crippen LogP contribution in [-0.2, 0) is 9.53 Å². The second kappa shape index (κ2) is 5.74. The Morgan fingerprint density at radius 3 is 2.65 bits per heavy atom. The van der Waals surface area contributed by atoms with Gasteiger partial charge in [-0.2, -0.15) is 0 Å². The summed E-state index contributed by atoms with van der Waals surface area (Å²) in [5, 5.41) is 2.56. The molecule has 0 heterocycles. The van der Waals surface area contributed by atoms with Crippen molar-refractivity contribution in [1.82, 2.24) is 5.32 Å². The summed E-state index contributed by atoms with van der Waals surface area (Å²) in [5.41, 5.74) is 12.3. The second-order valence-corrected chi connectivity index (χ2v) is 3.43. The van der Waals surface area contributed by atoms with E-state index in [2.05, 4.69) is 10.1 Å². The van der Waals surface area contributed by atoms with Crippen LogP contribution in [0.15, 0.2) is 18.2 Å². The van der Waals surface area contributed by atoms with E-state index in [1.54, 1.807) is 6.07 Å². The minimum absolute atomic E-state index is 0.122. The molecule has 5 N–H and O–H groups in total. The summed E-state index contributed by atoms with van der Waals surface area (Å²) in [4.78, 5) is 22.5. The van der Waals surface area contributed by atoms with Crippen LogP contribution in [0, 0.1) is 0 Å². The van der Waals surface area contributed by atoms with Crippen LogP contribution in [0.4, 0.5) is 11.4 Å². The molecule has 92 valence electrons. The molecule has 1 aromatic rings. The summed E-state index contributed by atoms with van der Waals surface area (Å²) in [5.74, 6) is -0.720. The topological polar surface area (TPSA) is 107 Å². The van der Waals surface area contributed by atoms with Gasteiger partial charge in [-0.1, -0.05) is 0 Å². The van der Waals surface area contributed by atoms with Gasteiger partial charge < -0.3 is 21.5 Å². The Bertz CT molecular complexity index is 432. The lowest BCUT2D eigenvalue weighted by atomic mass is 10.1. The molecule has 0 saturated heterocycles. The fourth-order valence-electron chi connectivity index (χ4n) is 1.26. The molecule has 0 saturated carbocycles. The first-order valence-electron chi connectivity index (χ1n) is 5.04. The molecule has 0 aliphatic rings. The number of nitrogen functional groups attached to an aromatic ring is 2. The van der Waals surface area contributed by atoms with Crippen LogP contribution in [0.3, 0.4) is 0 Å². The normalized spacial score (nSPS) is 9.71. The number of ether oxygens (including phenoxy) is 1. The van der Waals surface area contributed by atoms with Crippen molar-refractivity contribution < 1.29 is 14.3 Å². The van der Waals surface area contributed by atoms with E-state index >= 15 is 0 Å². The second-order valence-electron chi connectivity index (χ2n) is 3.43. The molecule has 1 rings (SSSR count). The highest BCUT2D eigenvalue weighted by atomic mass is 16.5. The number of nitrogens with two attached hydrogens (primary N) is 2. The first kappa shape index (κ1) is 12.8. The van der Waals surface area contributed by atoms with Crippen molar-refractivity contribution in [2.75, 3.05) is 25.1 Å². The highest BCUT2D eigenvalue weighted by molar-refractivity contribution is 5.99. The molecule has 1 amide bonds. The lowest BCUT2D eigenvalue weighted by Crippen LogP contribution is -2.27. The predicted molar refractivity (Wildman–Crippen MR) is 64.2 cm³/mol. The molecule has 0 aliphatic heterocycles. The number of esters is 1. The smallest absolute Gasteiger partial charge is 0.307 e. The molecule has 0 radical (unpaired) electrons. The summed E-state index contributed by atoms with van der Waals surface area (Å²) in [6.45, 7) is 0.204. The zero-order valence-corrected chi connectivity index (χ0v) is 9.53. The van der Waals surface area contributed by atoms with Crippen LogP contribution < -0.4 is 16.8 Å². The van der Waals surface area contributed by atoms with Gasteiger partial charge in [-0.15, -0.1) is 0 Å². The SMILES string of the molecule is COC(=O)CCNC(=O)c1ccc(N)cc1N. The fraction of sp³-hybridized carbons (Fsp3) is 0.273. The Morgan fingerprint density at radius 1 is 1.35 bits per heavy atom. The molecular weight excluding hydrogens is 222 g/mol. The lowest BCUT2D eigenvalue weighted by molar-refractivity contribution is -0.140. The molecule has 0 bridgehead atoms. The largest absolute Gasteiger partial charge is 0.469 e. The summed E-state index contributed by atoms with van der Waals surface area (Å²) >= 11 is 0. The van der Waals surface area contributed by atoms with Crippen LogP contribution in [0.2, 0.25) is 0 Å². The van der Waals surface area contributed by atoms with E-state index in [0.717, 1.165) is 0 Å². The van der Waals surface area contributed by atoms with E-state index in [9.17, 15) is 9.59 Å². The highest BCUT2D eigenvalue weighted by Gasteiger charge is 2.09. The number of amides is 1. The monoisotopic (exact) mass is 237 g/mol. The predicted octanol–water partition coefficient (Wildman–Crippen LogP) is 0.144. The molecule has 6 nitrogen and oxygen atoms in total. The number of methoxy groups -OCH3 is 1. The Labute approximate surface area is 98.9 Å². The minimum Gasteiger partial charge on any atom is -0.469 e. The van der Waals surface area contributed by atoms with Crippen LogP contribution in [0.5, 0.6) is 0 Å². The van der Waals surface area contributed by atoms with Gasteiger partial charge >= 0.3 is 5.97 Å². The van der Waals surface area contributed by atoms with Gasteiger partial charge in [-0.05, 0) is 18.2 Å². The number of hydrogen-bond donors (Lipinski definition) is 3. The van der Waals surface area contributed by atoms with Gasteiger partial charge in [0.25, 0.3) is 5.91 Å². The van der Waals surface area contributed by atoms with Gasteiger partial charge in [0.05, 0.1) is 19.1 Å². The van der Waals surface area contributed by atoms with Crippen molar-refractivity contribution in [2.45, 2.75) is 6.42 Å². The summed E-state index contributed by atoms with van der Waals surface area (Å²) in [6, 6.07) is 4.64. The Morgan fingerprint density at radius 2 is 2.06 bits per heavy atom. The van der Waals surface area contributed by atoms with E-state index in [1.165, 1.54) is 19.2 Å². The van der Waals surface area contributed by atoms with Crippen molar-refractivity contribution in [2.24, 2.45) is 0 Å². The number of carbonyl (C=O) groups is 2. The number of benzene rings is 1. The van der Waals surface area contributed by atoms with Crippen molar-refractivity contribution in [1.29, 1.82) is 0 Å². The van der Waals surface area contributed by atoms with E-state index in [0.29, 0.717) is 16.9 Å². The molecule has 0 aliphatic carbocycles. The third-order valence-electron chi connectivity index (χ3n) is 2.16. The lowest BCUT2D eigenvalue weighted by Gasteiger charge is -2.07. The number of hydrogen-bond acceptors (Lipinski definition) is 5. The maximum absolute atomic E-state index is 11.7. The number of anilines is 2. The molecule has 0 atom stereocenters. The molecule has 17 heavy (non-hydrogen) atoms. The fourth-order valence-corrected chi connectivity index (χ4v) is 1.26. The van der Waals surface area contributed by atoms with Gasteiger partial charge in [0.2, 0.25) is 0 Å². The number of nitrogens with one attached hydrogen (secondary N) is 1. The molecular formula is C11H15N3O3. The molecule has 0 fully saturated rings. The zero-order valence-electron chi connectivity index (χ0n) is 9.53. The average molecular weight is 237 g/mol. The summed E-state index contributed by atoms with van der Waals surface area (Å²) in [6.07, 6.45) is 0.122. The van der Waals surface area contributed by atoms with Gasteiger partial charge in [-0.3, -0.25) is 9.59 Å². The molecule has 0 spiro atoms. The molecule has 6 heteroatoms. The number of rotatable bonds is 4. The maximum Gasteiger partial charge on any atom is 0.307 e. The minimum atomic E-state index is -0.379. The highest BCUT2D eigenvalue weighted by Crippen LogP contribution is 2.15. The van der Waals surface area contributed by atoms with Gasteiger partial charge in [0.15, 0.2) is 0 Å². The van der Waals surface area contributed by atoms with E-state index < -0.39 is 0 Å². The van der Waals surface area contributed by atoms with Crippen LogP contribution in [0.25, 0.3) is 0 Å². The van der Waals surface area contributed by atoms with Crippen molar-refractivity contribution in [3.63, 3.8) is 0 Å². The van der Waals surface area contributed by atoms with E-state index in [1.807, 2.05) is 0 Å². The third kappa shape index (κ3) is 3.67. The Balaban J connectivity index is 2.55. The quantitative estimate of drug-likeness (QED) is 0.510. The Kier molecular flexibility index (Phi) is 4.33. The first-order chi connectivity index (χ1) is 8.04. The van der Waals surface area contributed by atoms with Crippen molar-refractivity contribution >= 4 is 23.3 Å². The number of carbonyl (C=O) groups excluding carboxylic acids is 2. The summed E-state index contributed by atoms with van der Waals surface area (Å²) < 4.78 is 4.45. The molecule has 0 aromatic heterocycles. The maximum atomic E-state index is 11.7. The van der Waals surface area contributed by atoms with E-state index in [4.69, 9.17) is 11.5 Å². The Hall–Kier alpha value is -2.24. The first-order valence-corrected chi connectivity index (χ1v) is 5.04. The zero-order chi connectivity index (χ0) is 12.8. The standard InChI is InChI=1S/C11H15N3O3/c1-17-10(15)4-5-14-11(16)8-3-2-7(12)6-9(8)13/h2-3,6H,4-5,12-13H2,1H3,(H,14,16). The van der Waals surface area contributed by atoms with Gasteiger partial charge in [0.1, 0.15) is 0 Å². The summed E-state index contributed by atoms with van der Waals surface area (Å²) in [7, 11) is 1.29. The average Bonchev–Trinajstić information content (AvgIpc) is 2.28. The van der Waals surface area contributed by atoms with Crippen LogP contribution in [-0.4, -0.2) is 25.5 Å². The van der Waals surface area contributed by atoms with Crippen molar-refractivity contribution in [3.05, 3.63) is 23.8 Å². The van der Waals surface area contributed by atoms with Gasteiger partial charge in [-0.25, -0.2) is 0 Å². The molecule has 1 aromatic carbocycles. The molecule has 0 unspecified atom stereocenters. The van der Waals surface area contributed by atoms with Gasteiger partial charge in [0, 0.05) is 17.9 Å². The van der Waals surface area contributed by atoms with Crippen molar-refractivity contribution in [3.8, 4) is 0 Å². The van der Waals surface area contributed by atoms with Crippen LogP contribution in [0.1, 0.15) is 16.8 Å². The third-order valence-corrected chi connectivity index (χ3v) is 2.16.